The van der Waals surface area contributed by atoms with Crippen molar-refractivity contribution in [2.45, 2.75) is 25.7 Å². The fraction of sp³-hybridized carbons (Fsp3) is 0.300. The highest BCUT2D eigenvalue weighted by Crippen LogP contribution is 2.29. The zero-order valence-corrected chi connectivity index (χ0v) is 16.5. The molecule has 1 aliphatic heterocycles. The van der Waals surface area contributed by atoms with Gasteiger partial charge in [-0.15, -0.1) is 11.3 Å². The van der Waals surface area contributed by atoms with Crippen molar-refractivity contribution in [1.82, 2.24) is 19.9 Å². The summed E-state index contributed by atoms with van der Waals surface area (Å²) in [6.07, 6.45) is 5.52. The zero-order chi connectivity index (χ0) is 18.8. The fourth-order valence-corrected chi connectivity index (χ4v) is 4.38. The molecule has 27 heavy (non-hydrogen) atoms. The maximum atomic E-state index is 12.8. The van der Waals surface area contributed by atoms with E-state index in [1.165, 1.54) is 11.3 Å². The second kappa shape index (κ2) is 7.74. The number of aromatic nitrogens is 3. The van der Waals surface area contributed by atoms with Gasteiger partial charge in [0.2, 0.25) is 0 Å². The number of carbonyl (C=O) groups excluding carboxylic acids is 1. The molecule has 1 aliphatic rings. The van der Waals surface area contributed by atoms with Crippen molar-refractivity contribution in [2.24, 2.45) is 0 Å². The van der Waals surface area contributed by atoms with E-state index in [1.807, 2.05) is 42.3 Å². The molecule has 0 saturated carbocycles. The van der Waals surface area contributed by atoms with E-state index in [4.69, 9.17) is 16.6 Å². The van der Waals surface area contributed by atoms with Crippen molar-refractivity contribution in [3.8, 4) is 11.3 Å². The Bertz CT molecular complexity index is 974. The number of carbonyl (C=O) groups is 1. The molecule has 0 N–H and O–H groups in total. The Hall–Kier alpha value is -2.31. The van der Waals surface area contributed by atoms with E-state index in [1.54, 1.807) is 11.7 Å². The number of aryl methyl sites for hydroxylation is 1. The number of rotatable bonds is 3. The Balaban J connectivity index is 1.56. The van der Waals surface area contributed by atoms with Crippen LogP contribution >= 0.6 is 22.9 Å². The van der Waals surface area contributed by atoms with Crippen LogP contribution in [0.2, 0.25) is 5.02 Å². The number of thiazole rings is 1. The number of hydrogen-bond acceptors (Lipinski definition) is 5. The molecular weight excluding hydrogens is 380 g/mol. The van der Waals surface area contributed by atoms with Crippen LogP contribution in [0.1, 0.15) is 39.8 Å². The molecule has 1 aromatic carbocycles. The SMILES string of the molecule is Cc1ncsc1C(=O)N1CCCC(c2cncc(-c3cccc(Cl)c3)n2)C1. The summed E-state index contributed by atoms with van der Waals surface area (Å²) in [4.78, 5) is 28.9. The molecule has 0 aliphatic carbocycles. The average Bonchev–Trinajstić information content (AvgIpc) is 3.13. The van der Waals surface area contributed by atoms with Crippen LogP contribution in [0.15, 0.2) is 42.2 Å². The number of amides is 1. The van der Waals surface area contributed by atoms with Crippen LogP contribution < -0.4 is 0 Å². The van der Waals surface area contributed by atoms with Crippen molar-refractivity contribution in [1.29, 1.82) is 0 Å². The first-order chi connectivity index (χ1) is 13.1. The molecule has 5 nitrogen and oxygen atoms in total. The fourth-order valence-electron chi connectivity index (χ4n) is 3.42. The monoisotopic (exact) mass is 398 g/mol. The summed E-state index contributed by atoms with van der Waals surface area (Å²) >= 11 is 7.51. The minimum atomic E-state index is 0.0682. The summed E-state index contributed by atoms with van der Waals surface area (Å²) in [7, 11) is 0. The van der Waals surface area contributed by atoms with Crippen molar-refractivity contribution in [2.75, 3.05) is 13.1 Å². The molecule has 3 aromatic rings. The summed E-state index contributed by atoms with van der Waals surface area (Å²) in [5, 5.41) is 0.675. The summed E-state index contributed by atoms with van der Waals surface area (Å²) in [5.41, 5.74) is 5.20. The molecule has 1 unspecified atom stereocenters. The quantitative estimate of drug-likeness (QED) is 0.647. The van der Waals surface area contributed by atoms with E-state index >= 15 is 0 Å². The van der Waals surface area contributed by atoms with Crippen LogP contribution in [-0.4, -0.2) is 38.8 Å². The van der Waals surface area contributed by atoms with E-state index in [9.17, 15) is 4.79 Å². The Kier molecular flexibility index (Phi) is 5.18. The lowest BCUT2D eigenvalue weighted by Crippen LogP contribution is -2.39. The van der Waals surface area contributed by atoms with Crippen molar-refractivity contribution in [3.63, 3.8) is 0 Å². The third-order valence-electron chi connectivity index (χ3n) is 4.84. The average molecular weight is 399 g/mol. The van der Waals surface area contributed by atoms with Crippen molar-refractivity contribution >= 4 is 28.8 Å². The molecule has 0 spiro atoms. The molecule has 1 amide bonds. The number of piperidine rings is 1. The van der Waals surface area contributed by atoms with E-state index in [0.717, 1.165) is 46.9 Å². The van der Waals surface area contributed by atoms with E-state index < -0.39 is 0 Å². The maximum Gasteiger partial charge on any atom is 0.265 e. The molecule has 2 aromatic heterocycles. The lowest BCUT2D eigenvalue weighted by atomic mass is 9.94. The largest absolute Gasteiger partial charge is 0.337 e. The third kappa shape index (κ3) is 3.87. The standard InChI is InChI=1S/C20H19ClN4OS/c1-13-19(27-12-23-13)20(26)25-7-3-5-15(11-25)18-10-22-9-17(24-18)14-4-2-6-16(21)8-14/h2,4,6,8-10,12,15H,3,5,7,11H2,1H3. The van der Waals surface area contributed by atoms with E-state index in [0.29, 0.717) is 11.6 Å². The maximum absolute atomic E-state index is 12.8. The van der Waals surface area contributed by atoms with Gasteiger partial charge in [-0.25, -0.2) is 9.97 Å². The van der Waals surface area contributed by atoms with Gasteiger partial charge < -0.3 is 4.90 Å². The summed E-state index contributed by atoms with van der Waals surface area (Å²) < 4.78 is 0. The first-order valence-electron chi connectivity index (χ1n) is 8.89. The Morgan fingerprint density at radius 3 is 3.00 bits per heavy atom. The first-order valence-corrected chi connectivity index (χ1v) is 10.1. The molecule has 4 rings (SSSR count). The smallest absolute Gasteiger partial charge is 0.265 e. The first kappa shape index (κ1) is 18.1. The van der Waals surface area contributed by atoms with Gasteiger partial charge in [-0.2, -0.15) is 0 Å². The number of likely N-dealkylation sites (tertiary alicyclic amines) is 1. The van der Waals surface area contributed by atoms with Gasteiger partial charge in [0.15, 0.2) is 0 Å². The molecule has 3 heterocycles. The topological polar surface area (TPSA) is 59.0 Å². The van der Waals surface area contributed by atoms with Crippen LogP contribution in [0, 0.1) is 6.92 Å². The van der Waals surface area contributed by atoms with Gasteiger partial charge in [0.05, 0.1) is 28.8 Å². The van der Waals surface area contributed by atoms with Gasteiger partial charge in [0.1, 0.15) is 4.88 Å². The lowest BCUT2D eigenvalue weighted by molar-refractivity contribution is 0.0710. The van der Waals surface area contributed by atoms with Crippen LogP contribution in [0.5, 0.6) is 0 Å². The third-order valence-corrected chi connectivity index (χ3v) is 5.99. The molecule has 0 radical (unpaired) electrons. The number of nitrogens with zero attached hydrogens (tertiary/aromatic N) is 4. The van der Waals surface area contributed by atoms with Gasteiger partial charge in [-0.1, -0.05) is 23.7 Å². The highest BCUT2D eigenvalue weighted by atomic mass is 35.5. The van der Waals surface area contributed by atoms with Crippen molar-refractivity contribution < 1.29 is 4.79 Å². The minimum absolute atomic E-state index is 0.0682. The van der Waals surface area contributed by atoms with Gasteiger partial charge in [-0.05, 0) is 31.9 Å². The van der Waals surface area contributed by atoms with Crippen LogP contribution in [0.4, 0.5) is 0 Å². The summed E-state index contributed by atoms with van der Waals surface area (Å²) in [6, 6.07) is 7.61. The minimum Gasteiger partial charge on any atom is -0.337 e. The molecule has 0 bridgehead atoms. The van der Waals surface area contributed by atoms with Gasteiger partial charge >= 0.3 is 0 Å². The van der Waals surface area contributed by atoms with Crippen LogP contribution in [-0.2, 0) is 0 Å². The number of halogens is 1. The Morgan fingerprint density at radius 2 is 2.22 bits per heavy atom. The summed E-state index contributed by atoms with van der Waals surface area (Å²) in [5.74, 6) is 0.251. The van der Waals surface area contributed by atoms with Crippen molar-refractivity contribution in [3.05, 3.63) is 63.5 Å². The van der Waals surface area contributed by atoms with Gasteiger partial charge in [0.25, 0.3) is 5.91 Å². The van der Waals surface area contributed by atoms with Gasteiger partial charge in [0, 0.05) is 35.8 Å². The van der Waals surface area contributed by atoms with E-state index in [2.05, 4.69) is 9.97 Å². The Labute approximate surface area is 167 Å². The highest BCUT2D eigenvalue weighted by Gasteiger charge is 2.28. The highest BCUT2D eigenvalue weighted by molar-refractivity contribution is 7.11. The second-order valence-electron chi connectivity index (χ2n) is 6.70. The second-order valence-corrected chi connectivity index (χ2v) is 7.99. The molecule has 138 valence electrons. The number of benzene rings is 1. The lowest BCUT2D eigenvalue weighted by Gasteiger charge is -2.32. The normalized spacial score (nSPS) is 17.1. The number of hydrogen-bond donors (Lipinski definition) is 0. The molecule has 1 fully saturated rings. The van der Waals surface area contributed by atoms with E-state index in [-0.39, 0.29) is 11.8 Å². The predicted octanol–water partition coefficient (Wildman–Crippen LogP) is 4.58. The zero-order valence-electron chi connectivity index (χ0n) is 14.9. The molecule has 7 heteroatoms. The van der Waals surface area contributed by atoms with Gasteiger partial charge in [-0.3, -0.25) is 9.78 Å². The molecule has 1 atom stereocenters. The summed E-state index contributed by atoms with van der Waals surface area (Å²) in [6.45, 7) is 3.31. The molecular formula is C20H19ClN4OS. The molecule has 1 saturated heterocycles. The van der Waals surface area contributed by atoms with Crippen LogP contribution in [0.3, 0.4) is 0 Å². The Morgan fingerprint density at radius 1 is 1.33 bits per heavy atom. The predicted molar refractivity (Wildman–Crippen MR) is 107 cm³/mol. The van der Waals surface area contributed by atoms with Crippen LogP contribution in [0.25, 0.3) is 11.3 Å².